The molecule has 1 aromatic carbocycles. The van der Waals surface area contributed by atoms with Crippen molar-refractivity contribution in [3.63, 3.8) is 0 Å². The van der Waals surface area contributed by atoms with Crippen LogP contribution in [0.1, 0.15) is 5.56 Å². The zero-order valence-electron chi connectivity index (χ0n) is 8.31. The summed E-state index contributed by atoms with van der Waals surface area (Å²) in [5.74, 6) is -1.76. The van der Waals surface area contributed by atoms with E-state index in [-0.39, 0.29) is 5.88 Å². The maximum atomic E-state index is 11.3. The summed E-state index contributed by atoms with van der Waals surface area (Å²) in [6, 6.07) is 6.79. The van der Waals surface area contributed by atoms with Crippen LogP contribution in [0.5, 0.6) is 0 Å². The van der Waals surface area contributed by atoms with Crippen LogP contribution < -0.4 is 11.1 Å². The van der Waals surface area contributed by atoms with E-state index in [4.69, 9.17) is 22.4 Å². The van der Waals surface area contributed by atoms with Crippen molar-refractivity contribution in [1.29, 1.82) is 0 Å². The van der Waals surface area contributed by atoms with Gasteiger partial charge < -0.3 is 16.2 Å². The molecule has 1 aromatic rings. The molecule has 0 aliphatic carbocycles. The van der Waals surface area contributed by atoms with Crippen LogP contribution in [0, 0.1) is 0 Å². The normalized spacial score (nSPS) is 11.9. The Balaban J connectivity index is 2.80. The predicted octanol–water partition coefficient (Wildman–Crippen LogP) is 0.210. The first-order chi connectivity index (χ1) is 7.56. The fourth-order valence-corrected chi connectivity index (χ4v) is 1.32. The number of carbonyl (C=O) groups is 2. The molecule has 1 atom stereocenters. The molecular weight excluding hydrogens is 232 g/mol. The number of alkyl halides is 1. The second-order valence-electron chi connectivity index (χ2n) is 3.08. The second kappa shape index (κ2) is 5.48. The highest BCUT2D eigenvalue weighted by Gasteiger charge is 2.21. The molecule has 0 bridgehead atoms. The Hall–Kier alpha value is -1.59. The van der Waals surface area contributed by atoms with Gasteiger partial charge in [-0.1, -0.05) is 18.2 Å². The van der Waals surface area contributed by atoms with Gasteiger partial charge in [0, 0.05) is 11.6 Å². The van der Waals surface area contributed by atoms with Gasteiger partial charge in [-0.2, -0.15) is 0 Å². The average Bonchev–Trinajstić information content (AvgIpc) is 2.28. The van der Waals surface area contributed by atoms with Gasteiger partial charge in [-0.05, 0) is 11.6 Å². The summed E-state index contributed by atoms with van der Waals surface area (Å²) < 4.78 is 0. The van der Waals surface area contributed by atoms with Gasteiger partial charge >= 0.3 is 0 Å². The first kappa shape index (κ1) is 12.5. The van der Waals surface area contributed by atoms with E-state index < -0.39 is 17.9 Å². The predicted molar refractivity (Wildman–Crippen MR) is 59.8 cm³/mol. The van der Waals surface area contributed by atoms with Crippen LogP contribution in [0.2, 0.25) is 0 Å². The maximum Gasteiger partial charge on any atom is 0.263 e. The SMILES string of the molecule is NC(=O)C(O)C(=O)Nc1ccccc1CCl. The van der Waals surface area contributed by atoms with Gasteiger partial charge in [0.1, 0.15) is 0 Å². The summed E-state index contributed by atoms with van der Waals surface area (Å²) in [6.07, 6.45) is -1.86. The summed E-state index contributed by atoms with van der Waals surface area (Å²) in [5.41, 5.74) is 5.92. The molecule has 0 spiro atoms. The minimum atomic E-state index is -1.86. The third kappa shape index (κ3) is 2.95. The van der Waals surface area contributed by atoms with Crippen LogP contribution in [0.15, 0.2) is 24.3 Å². The van der Waals surface area contributed by atoms with Crippen molar-refractivity contribution in [1.82, 2.24) is 0 Å². The van der Waals surface area contributed by atoms with E-state index in [0.29, 0.717) is 11.3 Å². The number of rotatable bonds is 4. The average molecular weight is 243 g/mol. The molecule has 0 saturated carbocycles. The number of primary amides is 1. The number of nitrogens with two attached hydrogens (primary N) is 1. The number of hydrogen-bond donors (Lipinski definition) is 3. The molecule has 6 heteroatoms. The Morgan fingerprint density at radius 3 is 2.62 bits per heavy atom. The first-order valence-electron chi connectivity index (χ1n) is 4.48. The van der Waals surface area contributed by atoms with Crippen LogP contribution >= 0.6 is 11.6 Å². The molecule has 5 nitrogen and oxygen atoms in total. The number of hydrogen-bond acceptors (Lipinski definition) is 3. The number of amides is 2. The number of aliphatic hydroxyl groups excluding tert-OH is 1. The van der Waals surface area contributed by atoms with Gasteiger partial charge in [0.15, 0.2) is 0 Å². The lowest BCUT2D eigenvalue weighted by Crippen LogP contribution is -2.39. The molecule has 86 valence electrons. The van der Waals surface area contributed by atoms with Crippen molar-refractivity contribution in [2.45, 2.75) is 12.0 Å². The fourth-order valence-electron chi connectivity index (χ4n) is 1.09. The van der Waals surface area contributed by atoms with Crippen molar-refractivity contribution in [2.75, 3.05) is 5.32 Å². The number of benzene rings is 1. The molecule has 1 unspecified atom stereocenters. The Morgan fingerprint density at radius 2 is 2.06 bits per heavy atom. The Labute approximate surface area is 97.2 Å². The van der Waals surface area contributed by atoms with Gasteiger partial charge in [-0.25, -0.2) is 0 Å². The van der Waals surface area contributed by atoms with Crippen molar-refractivity contribution < 1.29 is 14.7 Å². The number of nitrogens with one attached hydrogen (secondary N) is 1. The minimum Gasteiger partial charge on any atom is -0.375 e. The number of carbonyl (C=O) groups excluding carboxylic acids is 2. The Bertz CT molecular complexity index is 409. The summed E-state index contributed by atoms with van der Waals surface area (Å²) in [6.45, 7) is 0. The zero-order valence-corrected chi connectivity index (χ0v) is 9.07. The smallest absolute Gasteiger partial charge is 0.263 e. The lowest BCUT2D eigenvalue weighted by atomic mass is 10.2. The van der Waals surface area contributed by atoms with E-state index in [1.165, 1.54) is 0 Å². The van der Waals surface area contributed by atoms with Crippen molar-refractivity contribution in [3.8, 4) is 0 Å². The molecule has 0 heterocycles. The maximum absolute atomic E-state index is 11.3. The Morgan fingerprint density at radius 1 is 1.44 bits per heavy atom. The third-order valence-electron chi connectivity index (χ3n) is 1.94. The molecule has 0 fully saturated rings. The lowest BCUT2D eigenvalue weighted by Gasteiger charge is -2.10. The third-order valence-corrected chi connectivity index (χ3v) is 2.22. The zero-order chi connectivity index (χ0) is 12.1. The molecule has 0 aliphatic heterocycles. The van der Waals surface area contributed by atoms with Gasteiger partial charge in [0.2, 0.25) is 6.10 Å². The van der Waals surface area contributed by atoms with Crippen molar-refractivity contribution >= 4 is 29.1 Å². The molecule has 0 radical (unpaired) electrons. The van der Waals surface area contributed by atoms with Crippen LogP contribution in [-0.4, -0.2) is 23.0 Å². The molecule has 4 N–H and O–H groups in total. The minimum absolute atomic E-state index is 0.211. The highest BCUT2D eigenvalue weighted by Crippen LogP contribution is 2.17. The first-order valence-corrected chi connectivity index (χ1v) is 5.02. The van der Waals surface area contributed by atoms with Crippen molar-refractivity contribution in [2.24, 2.45) is 5.73 Å². The van der Waals surface area contributed by atoms with Gasteiger partial charge in [-0.3, -0.25) is 9.59 Å². The van der Waals surface area contributed by atoms with E-state index in [1.54, 1.807) is 24.3 Å². The fraction of sp³-hybridized carbons (Fsp3) is 0.200. The van der Waals surface area contributed by atoms with Crippen LogP contribution in [0.4, 0.5) is 5.69 Å². The van der Waals surface area contributed by atoms with Crippen LogP contribution in [0.25, 0.3) is 0 Å². The van der Waals surface area contributed by atoms with E-state index in [0.717, 1.165) is 0 Å². The molecule has 0 aromatic heterocycles. The quantitative estimate of drug-likeness (QED) is 0.521. The molecule has 16 heavy (non-hydrogen) atoms. The van der Waals surface area contributed by atoms with Gasteiger partial charge in [0.25, 0.3) is 11.8 Å². The number of halogens is 1. The molecular formula is C10H11ClN2O3. The van der Waals surface area contributed by atoms with E-state index in [9.17, 15) is 9.59 Å². The van der Waals surface area contributed by atoms with Gasteiger partial charge in [-0.15, -0.1) is 11.6 Å². The lowest BCUT2D eigenvalue weighted by molar-refractivity contribution is -0.136. The Kier molecular flexibility index (Phi) is 4.28. The standard InChI is InChI=1S/C10H11ClN2O3/c11-5-6-3-1-2-4-7(6)13-10(16)8(14)9(12)15/h1-4,8,14H,5H2,(H2,12,15)(H,13,16). The molecule has 1 rings (SSSR count). The number of aliphatic hydroxyl groups is 1. The van der Waals surface area contributed by atoms with Gasteiger partial charge in [0.05, 0.1) is 0 Å². The highest BCUT2D eigenvalue weighted by molar-refractivity contribution is 6.17. The summed E-state index contributed by atoms with van der Waals surface area (Å²) in [5, 5.41) is 11.5. The van der Waals surface area contributed by atoms with E-state index in [1.807, 2.05) is 0 Å². The largest absolute Gasteiger partial charge is 0.375 e. The summed E-state index contributed by atoms with van der Waals surface area (Å²) in [4.78, 5) is 21.9. The van der Waals surface area contributed by atoms with E-state index >= 15 is 0 Å². The topological polar surface area (TPSA) is 92.4 Å². The molecule has 0 aliphatic rings. The molecule has 0 saturated heterocycles. The van der Waals surface area contributed by atoms with Crippen LogP contribution in [-0.2, 0) is 15.5 Å². The highest BCUT2D eigenvalue weighted by atomic mass is 35.5. The summed E-state index contributed by atoms with van der Waals surface area (Å²) in [7, 11) is 0. The molecule has 2 amide bonds. The van der Waals surface area contributed by atoms with Crippen LogP contribution in [0.3, 0.4) is 0 Å². The summed E-state index contributed by atoms with van der Waals surface area (Å²) >= 11 is 5.65. The number of anilines is 1. The number of para-hydroxylation sites is 1. The monoisotopic (exact) mass is 242 g/mol. The van der Waals surface area contributed by atoms with Crippen molar-refractivity contribution in [3.05, 3.63) is 29.8 Å². The van der Waals surface area contributed by atoms with E-state index in [2.05, 4.69) is 5.32 Å². The second-order valence-corrected chi connectivity index (χ2v) is 3.35.